The average molecular weight is 592 g/mol. The van der Waals surface area contributed by atoms with E-state index in [0.717, 1.165) is 26.8 Å². The average Bonchev–Trinajstić information content (AvgIpc) is 2.96. The number of phenols is 1. The molecule has 44 heavy (non-hydrogen) atoms. The number of benzene rings is 4. The number of hydrogen-bond donors (Lipinski definition) is 3. The van der Waals surface area contributed by atoms with E-state index in [1.807, 2.05) is 62.4 Å². The number of nitrogens with one attached hydrogen (secondary N) is 2. The zero-order chi connectivity index (χ0) is 32.0. The van der Waals surface area contributed by atoms with E-state index in [1.165, 1.54) is 12.1 Å². The fraction of sp³-hybridized carbons (Fsp3) is 0.250. The summed E-state index contributed by atoms with van der Waals surface area (Å²) in [5.41, 5.74) is 2.67. The lowest BCUT2D eigenvalue weighted by Crippen LogP contribution is -2.51. The quantitative estimate of drug-likeness (QED) is 0.162. The number of nitrogens with zero attached hydrogens (tertiary/aromatic N) is 1. The van der Waals surface area contributed by atoms with Gasteiger partial charge in [-0.2, -0.15) is 0 Å². The third-order valence-electron chi connectivity index (χ3n) is 6.99. The van der Waals surface area contributed by atoms with Gasteiger partial charge in [0.15, 0.2) is 0 Å². The van der Waals surface area contributed by atoms with Crippen LogP contribution in [0.5, 0.6) is 5.75 Å². The minimum absolute atomic E-state index is 0.0302. The molecule has 3 N–H and O–H groups in total. The number of ether oxygens (including phenoxy) is 1. The number of alkyl carbamates (subject to hydrolysis) is 1. The largest absolute Gasteiger partial charge is 0.508 e. The third kappa shape index (κ3) is 7.96. The summed E-state index contributed by atoms with van der Waals surface area (Å²) in [6, 6.07) is 25.1. The molecule has 0 aromatic heterocycles. The standard InChI is InChI=1S/C36H37N3O5/c1-7-39(34(42)31(38-35(43)44-36(4,5)6)21-25-13-17-29(40)18-14-25)32(30-19-12-23(2)20-24(30)3)33(41)37-28-16-15-26-10-8-9-11-27(26)22-28/h1,8-20,22,31-32,40H,21H2,2-6H3,(H,37,41)(H,38,43). The van der Waals surface area contributed by atoms with Crippen molar-refractivity contribution in [1.82, 2.24) is 10.2 Å². The molecule has 8 nitrogen and oxygen atoms in total. The first-order chi connectivity index (χ1) is 20.8. The predicted octanol–water partition coefficient (Wildman–Crippen LogP) is 6.40. The molecule has 8 heteroatoms. The van der Waals surface area contributed by atoms with Crippen LogP contribution >= 0.6 is 0 Å². The minimum atomic E-state index is -1.22. The number of rotatable bonds is 8. The van der Waals surface area contributed by atoms with Crippen LogP contribution in [0.15, 0.2) is 84.9 Å². The SMILES string of the molecule is C#CN(C(=O)C(Cc1ccc(O)cc1)NC(=O)OC(C)(C)C)C(C(=O)Nc1ccc2ccccc2c1)c1ccc(C)cc1C. The van der Waals surface area contributed by atoms with Crippen molar-refractivity contribution in [3.8, 4) is 18.2 Å². The van der Waals surface area contributed by atoms with Crippen molar-refractivity contribution in [3.05, 3.63) is 107 Å². The molecule has 0 saturated heterocycles. The molecule has 0 heterocycles. The fourth-order valence-electron chi connectivity index (χ4n) is 4.96. The van der Waals surface area contributed by atoms with Crippen molar-refractivity contribution in [2.24, 2.45) is 0 Å². The molecule has 0 fully saturated rings. The Bertz CT molecular complexity index is 1720. The van der Waals surface area contributed by atoms with Gasteiger partial charge in [0.1, 0.15) is 23.4 Å². The van der Waals surface area contributed by atoms with E-state index < -0.39 is 35.6 Å². The van der Waals surface area contributed by atoms with Crippen LogP contribution in [0.25, 0.3) is 10.8 Å². The van der Waals surface area contributed by atoms with Crippen LogP contribution in [-0.4, -0.2) is 39.6 Å². The predicted molar refractivity (Wildman–Crippen MR) is 172 cm³/mol. The van der Waals surface area contributed by atoms with Crippen molar-refractivity contribution < 1.29 is 24.2 Å². The summed E-state index contributed by atoms with van der Waals surface area (Å²) in [5, 5.41) is 17.3. The van der Waals surface area contributed by atoms with Crippen LogP contribution in [0.4, 0.5) is 10.5 Å². The van der Waals surface area contributed by atoms with Gasteiger partial charge in [0.25, 0.3) is 11.8 Å². The number of hydrogen-bond acceptors (Lipinski definition) is 5. The smallest absolute Gasteiger partial charge is 0.408 e. The van der Waals surface area contributed by atoms with Crippen molar-refractivity contribution in [2.75, 3.05) is 5.32 Å². The third-order valence-corrected chi connectivity index (χ3v) is 6.99. The summed E-state index contributed by atoms with van der Waals surface area (Å²) in [4.78, 5) is 42.2. The van der Waals surface area contributed by atoms with Gasteiger partial charge in [-0.1, -0.05) is 72.7 Å². The van der Waals surface area contributed by atoms with E-state index in [-0.39, 0.29) is 12.2 Å². The highest BCUT2D eigenvalue weighted by atomic mass is 16.6. The van der Waals surface area contributed by atoms with Crippen molar-refractivity contribution >= 4 is 34.4 Å². The first kappa shape index (κ1) is 31.6. The number of carbonyl (C=O) groups excluding carboxylic acids is 3. The van der Waals surface area contributed by atoms with Crippen LogP contribution in [0.3, 0.4) is 0 Å². The molecule has 2 atom stereocenters. The zero-order valence-corrected chi connectivity index (χ0v) is 25.5. The molecule has 4 aromatic rings. The van der Waals surface area contributed by atoms with E-state index in [1.54, 1.807) is 45.0 Å². The number of anilines is 1. The summed E-state index contributed by atoms with van der Waals surface area (Å²) in [7, 11) is 0. The Hall–Kier alpha value is -5.29. The first-order valence-electron chi connectivity index (χ1n) is 14.3. The van der Waals surface area contributed by atoms with Crippen LogP contribution in [0.1, 0.15) is 49.1 Å². The van der Waals surface area contributed by atoms with E-state index in [2.05, 4.69) is 16.7 Å². The number of carbonyl (C=O) groups is 3. The van der Waals surface area contributed by atoms with Gasteiger partial charge in [0.05, 0.1) is 0 Å². The summed E-state index contributed by atoms with van der Waals surface area (Å²) < 4.78 is 5.44. The van der Waals surface area contributed by atoms with Crippen molar-refractivity contribution in [3.63, 3.8) is 0 Å². The van der Waals surface area contributed by atoms with Crippen LogP contribution in [0, 0.1) is 26.3 Å². The minimum Gasteiger partial charge on any atom is -0.508 e. The lowest BCUT2D eigenvalue weighted by molar-refractivity contribution is -0.136. The number of aromatic hydroxyl groups is 1. The summed E-state index contributed by atoms with van der Waals surface area (Å²) in [6.45, 7) is 8.92. The molecular weight excluding hydrogens is 554 g/mol. The molecule has 0 aliphatic heterocycles. The Kier molecular flexibility index (Phi) is 9.60. The number of amides is 3. The van der Waals surface area contributed by atoms with Gasteiger partial charge >= 0.3 is 6.09 Å². The van der Waals surface area contributed by atoms with Gasteiger partial charge in [0.2, 0.25) is 0 Å². The highest BCUT2D eigenvalue weighted by molar-refractivity contribution is 6.01. The summed E-state index contributed by atoms with van der Waals surface area (Å²) in [5.74, 6) is -1.13. The Balaban J connectivity index is 1.73. The summed E-state index contributed by atoms with van der Waals surface area (Å²) in [6.07, 6.45) is 5.20. The molecule has 4 rings (SSSR count). The molecule has 0 aliphatic carbocycles. The molecule has 4 aromatic carbocycles. The van der Waals surface area contributed by atoms with E-state index in [0.29, 0.717) is 16.8 Å². The number of fused-ring (bicyclic) bond motifs is 1. The van der Waals surface area contributed by atoms with E-state index >= 15 is 0 Å². The maximum Gasteiger partial charge on any atom is 0.408 e. The topological polar surface area (TPSA) is 108 Å². The second kappa shape index (κ2) is 13.3. The van der Waals surface area contributed by atoms with Crippen molar-refractivity contribution in [2.45, 2.75) is 58.7 Å². The fourth-order valence-corrected chi connectivity index (χ4v) is 4.96. The van der Waals surface area contributed by atoms with Gasteiger partial charge in [0, 0.05) is 18.2 Å². The van der Waals surface area contributed by atoms with Crippen LogP contribution < -0.4 is 10.6 Å². The molecule has 226 valence electrons. The van der Waals surface area contributed by atoms with Crippen LogP contribution in [-0.2, 0) is 20.7 Å². The maximum absolute atomic E-state index is 14.3. The molecule has 0 spiro atoms. The number of terminal acetylenes is 1. The Morgan fingerprint density at radius 1 is 0.932 bits per heavy atom. The number of aryl methyl sites for hydroxylation is 2. The van der Waals surface area contributed by atoms with Gasteiger partial charge in [-0.05, 0) is 86.3 Å². The second-order valence-electron chi connectivity index (χ2n) is 11.7. The van der Waals surface area contributed by atoms with Gasteiger partial charge < -0.3 is 20.5 Å². The highest BCUT2D eigenvalue weighted by Gasteiger charge is 2.37. The van der Waals surface area contributed by atoms with Crippen LogP contribution in [0.2, 0.25) is 0 Å². The molecule has 0 saturated carbocycles. The van der Waals surface area contributed by atoms with E-state index in [9.17, 15) is 19.5 Å². The van der Waals surface area contributed by atoms with E-state index in [4.69, 9.17) is 11.2 Å². The summed E-state index contributed by atoms with van der Waals surface area (Å²) >= 11 is 0. The Labute approximate surface area is 258 Å². The van der Waals surface area contributed by atoms with Crippen molar-refractivity contribution in [1.29, 1.82) is 0 Å². The second-order valence-corrected chi connectivity index (χ2v) is 11.7. The molecule has 0 aliphatic rings. The molecule has 0 bridgehead atoms. The molecule has 3 amide bonds. The maximum atomic E-state index is 14.3. The Morgan fingerprint density at radius 2 is 1.61 bits per heavy atom. The monoisotopic (exact) mass is 591 g/mol. The van der Waals surface area contributed by atoms with Gasteiger partial charge in [-0.3, -0.25) is 14.5 Å². The molecule has 0 radical (unpaired) electrons. The zero-order valence-electron chi connectivity index (χ0n) is 25.5. The first-order valence-corrected chi connectivity index (χ1v) is 14.3. The number of phenolic OH excluding ortho intramolecular Hbond substituents is 1. The highest BCUT2D eigenvalue weighted by Crippen LogP contribution is 2.29. The Morgan fingerprint density at radius 3 is 2.25 bits per heavy atom. The normalized spacial score (nSPS) is 12.5. The lowest BCUT2D eigenvalue weighted by Gasteiger charge is -2.31. The molecule has 2 unspecified atom stereocenters. The lowest BCUT2D eigenvalue weighted by atomic mass is 9.96. The van der Waals surface area contributed by atoms with Gasteiger partial charge in [-0.25, -0.2) is 4.79 Å². The molecular formula is C36H37N3O5. The van der Waals surface area contributed by atoms with Gasteiger partial charge in [-0.15, -0.1) is 0 Å².